The van der Waals surface area contributed by atoms with Crippen molar-refractivity contribution in [3.63, 3.8) is 0 Å². The van der Waals surface area contributed by atoms with E-state index < -0.39 is 0 Å². The van der Waals surface area contributed by atoms with Crippen LogP contribution in [-0.2, 0) is 0 Å². The number of rotatable bonds is 9. The molecule has 17 aromatic carbocycles. The Bertz CT molecular complexity index is 6190. The summed E-state index contributed by atoms with van der Waals surface area (Å²) in [7, 11) is 0. The number of hydrogen-bond donors (Lipinski definition) is 1. The fourth-order valence-electron chi connectivity index (χ4n) is 16.4. The number of para-hydroxylation sites is 8. The van der Waals surface area contributed by atoms with E-state index in [1.807, 2.05) is 0 Å². The molecule has 4 heterocycles. The molecule has 102 heavy (non-hydrogen) atoms. The van der Waals surface area contributed by atoms with E-state index in [0.717, 1.165) is 17.1 Å². The Kier molecular flexibility index (Phi) is 13.9. The largest absolute Gasteiger partial charge is 0.354 e. The first kappa shape index (κ1) is 58.6. The molecule has 0 aliphatic heterocycles. The van der Waals surface area contributed by atoms with Crippen LogP contribution in [0.5, 0.6) is 0 Å². The first-order valence-electron chi connectivity index (χ1n) is 35.1. The third kappa shape index (κ3) is 9.68. The van der Waals surface area contributed by atoms with Crippen LogP contribution in [0.2, 0.25) is 0 Å². The Morgan fingerprint density at radius 2 is 0.431 bits per heavy atom. The second-order valence-corrected chi connectivity index (χ2v) is 26.7. The van der Waals surface area contributed by atoms with Gasteiger partial charge in [0.05, 0.1) is 38.6 Å². The molecule has 0 spiro atoms. The van der Waals surface area contributed by atoms with E-state index in [1.54, 1.807) is 0 Å². The molecule has 1 N–H and O–H groups in total. The highest BCUT2D eigenvalue weighted by molar-refractivity contribution is 6.22. The molecule has 0 fully saturated rings. The van der Waals surface area contributed by atoms with Gasteiger partial charge in [0.25, 0.3) is 0 Å². The monoisotopic (exact) mass is 1300 g/mol. The molecular formula is C98H64N4. The minimum absolute atomic E-state index is 1.15. The molecule has 4 nitrogen and oxygen atoms in total. The maximum Gasteiger partial charge on any atom is 0.0544 e. The van der Waals surface area contributed by atoms with Crippen molar-refractivity contribution in [1.82, 2.24) is 18.7 Å². The fourth-order valence-corrected chi connectivity index (χ4v) is 16.4. The van der Waals surface area contributed by atoms with Gasteiger partial charge in [0.15, 0.2) is 0 Å². The molecule has 21 aromatic rings. The van der Waals surface area contributed by atoms with Gasteiger partial charge in [-0.15, -0.1) is 0 Å². The van der Waals surface area contributed by atoms with E-state index in [0.29, 0.717) is 0 Å². The standard InChI is InChI=1S/C60H39N3.C38H25N/c1-7-19-55-49(13-1)50-14-2-8-20-56(50)61(55)46-31-25-40(26-32-46)43-37-44(41-27-33-47(34-28-41)62-57-21-9-3-15-51(57)52-16-4-10-22-58(52)62)39-45(38-43)42-29-35-48(36-30-42)63-59-23-11-5-17-53(59)54-18-6-12-24-60(54)63;1-2-11-26(12-3-1)36-30-14-4-6-16-32(30)37(33-17-7-5-15-31(33)36)27-23-21-25(22-24-27)28-18-10-19-34-29-13-8-9-20-35(29)39-38(28)34/h1-39H;1-24,39H. The first-order chi connectivity index (χ1) is 50.6. The lowest BCUT2D eigenvalue weighted by Gasteiger charge is -2.18. The van der Waals surface area contributed by atoms with Crippen LogP contribution in [-0.4, -0.2) is 18.7 Å². The smallest absolute Gasteiger partial charge is 0.0544 e. The van der Waals surface area contributed by atoms with Crippen molar-refractivity contribution >= 4 is 109 Å². The number of aromatic nitrogens is 4. The minimum Gasteiger partial charge on any atom is -0.354 e. The van der Waals surface area contributed by atoms with Gasteiger partial charge in [-0.3, -0.25) is 0 Å². The van der Waals surface area contributed by atoms with Crippen LogP contribution in [0.15, 0.2) is 382 Å². The van der Waals surface area contributed by atoms with Crippen LogP contribution in [0.4, 0.5) is 0 Å². The molecule has 0 amide bonds. The highest BCUT2D eigenvalue weighted by Crippen LogP contribution is 2.46. The third-order valence-electron chi connectivity index (χ3n) is 21.1. The Balaban J connectivity index is 0.000000153. The lowest BCUT2D eigenvalue weighted by molar-refractivity contribution is 1.18. The van der Waals surface area contributed by atoms with Crippen molar-refractivity contribution in [3.8, 4) is 83.8 Å². The molecule has 0 aliphatic carbocycles. The van der Waals surface area contributed by atoms with Gasteiger partial charge in [-0.05, 0) is 180 Å². The van der Waals surface area contributed by atoms with Gasteiger partial charge in [0, 0.05) is 71.2 Å². The zero-order chi connectivity index (χ0) is 67.2. The summed E-state index contributed by atoms with van der Waals surface area (Å²) in [5, 5.41) is 15.2. The summed E-state index contributed by atoms with van der Waals surface area (Å²) in [5.74, 6) is 0. The van der Waals surface area contributed by atoms with Crippen molar-refractivity contribution < 1.29 is 0 Å². The highest BCUT2D eigenvalue weighted by atomic mass is 15.0. The topological polar surface area (TPSA) is 30.6 Å². The Morgan fingerprint density at radius 1 is 0.167 bits per heavy atom. The van der Waals surface area contributed by atoms with Gasteiger partial charge < -0.3 is 18.7 Å². The predicted octanol–water partition coefficient (Wildman–Crippen LogP) is 26.6. The summed E-state index contributed by atoms with van der Waals surface area (Å²) in [4.78, 5) is 3.66. The number of nitrogens with zero attached hydrogens (tertiary/aromatic N) is 3. The molecular weight excluding hydrogens is 1230 g/mol. The predicted molar refractivity (Wildman–Crippen MR) is 433 cm³/mol. The Labute approximate surface area is 589 Å². The Hall–Kier alpha value is -13.5. The van der Waals surface area contributed by atoms with E-state index in [1.165, 1.54) is 176 Å². The van der Waals surface area contributed by atoms with Crippen LogP contribution in [0.1, 0.15) is 0 Å². The summed E-state index contributed by atoms with van der Waals surface area (Å²) < 4.78 is 7.15. The molecule has 476 valence electrons. The van der Waals surface area contributed by atoms with E-state index in [4.69, 9.17) is 0 Å². The molecule has 0 saturated carbocycles. The van der Waals surface area contributed by atoms with Crippen molar-refractivity contribution in [3.05, 3.63) is 382 Å². The molecule has 0 saturated heterocycles. The maximum absolute atomic E-state index is 3.66. The number of fused-ring (bicyclic) bond motifs is 14. The molecule has 4 aromatic heterocycles. The van der Waals surface area contributed by atoms with Gasteiger partial charge >= 0.3 is 0 Å². The first-order valence-corrected chi connectivity index (χ1v) is 35.1. The van der Waals surface area contributed by atoms with E-state index in [-0.39, 0.29) is 0 Å². The van der Waals surface area contributed by atoms with Gasteiger partial charge in [0.1, 0.15) is 0 Å². The average molecular weight is 1300 g/mol. The fraction of sp³-hybridized carbons (Fsp3) is 0. The number of nitrogens with one attached hydrogen (secondary N) is 1. The number of benzene rings is 17. The van der Waals surface area contributed by atoms with Crippen molar-refractivity contribution in [2.75, 3.05) is 0 Å². The van der Waals surface area contributed by atoms with Gasteiger partial charge in [-0.25, -0.2) is 0 Å². The van der Waals surface area contributed by atoms with Crippen LogP contribution in [0.25, 0.3) is 193 Å². The second kappa shape index (κ2) is 24.2. The van der Waals surface area contributed by atoms with Gasteiger partial charge in [-0.1, -0.05) is 285 Å². The van der Waals surface area contributed by atoms with Gasteiger partial charge in [0.2, 0.25) is 0 Å². The normalized spacial score (nSPS) is 11.7. The molecule has 21 rings (SSSR count). The Morgan fingerprint density at radius 3 is 0.784 bits per heavy atom. The summed E-state index contributed by atoms with van der Waals surface area (Å²) in [6.45, 7) is 0. The summed E-state index contributed by atoms with van der Waals surface area (Å²) in [5.41, 5.74) is 27.6. The number of hydrogen-bond acceptors (Lipinski definition) is 0. The lowest BCUT2D eigenvalue weighted by Crippen LogP contribution is -1.95. The molecule has 4 heteroatoms. The minimum atomic E-state index is 1.15. The van der Waals surface area contributed by atoms with Crippen molar-refractivity contribution in [2.45, 2.75) is 0 Å². The van der Waals surface area contributed by atoms with E-state index >= 15 is 0 Å². The summed E-state index contributed by atoms with van der Waals surface area (Å²) in [6.07, 6.45) is 0. The zero-order valence-electron chi connectivity index (χ0n) is 55.7. The summed E-state index contributed by atoms with van der Waals surface area (Å²) >= 11 is 0. The quantitative estimate of drug-likeness (QED) is 0.140. The lowest BCUT2D eigenvalue weighted by atomic mass is 9.85. The molecule has 0 aliphatic rings. The van der Waals surface area contributed by atoms with Crippen LogP contribution < -0.4 is 0 Å². The SMILES string of the molecule is c1ccc(-c2c3ccccc3c(-c3ccc(-c4cccc5c4[nH]c4ccccc45)cc3)c3ccccc23)cc1.c1ccc2c(c1)c1ccccc1n2-c1ccc(-c2cc(-c3ccc(-n4c5ccccc5c5ccccc54)cc3)cc(-c3ccc(-n4c5ccccc5c5ccccc54)cc3)c2)cc1. The van der Waals surface area contributed by atoms with Crippen LogP contribution >= 0.6 is 0 Å². The molecule has 0 atom stereocenters. The second-order valence-electron chi connectivity index (χ2n) is 26.7. The molecule has 0 radical (unpaired) electrons. The number of H-pyrrole nitrogens is 1. The van der Waals surface area contributed by atoms with Crippen molar-refractivity contribution in [2.24, 2.45) is 0 Å². The third-order valence-corrected chi connectivity index (χ3v) is 21.1. The van der Waals surface area contributed by atoms with Crippen LogP contribution in [0, 0.1) is 0 Å². The number of aromatic amines is 1. The average Bonchev–Trinajstić information content (AvgIpc) is 1.23. The maximum atomic E-state index is 3.66. The van der Waals surface area contributed by atoms with Crippen LogP contribution in [0.3, 0.4) is 0 Å². The summed E-state index contributed by atoms with van der Waals surface area (Å²) in [6, 6.07) is 139. The van der Waals surface area contributed by atoms with Gasteiger partial charge in [-0.2, -0.15) is 0 Å². The highest BCUT2D eigenvalue weighted by Gasteiger charge is 2.20. The van der Waals surface area contributed by atoms with E-state index in [2.05, 4.69) is 401 Å². The van der Waals surface area contributed by atoms with E-state index in [9.17, 15) is 0 Å². The zero-order valence-corrected chi connectivity index (χ0v) is 55.7. The molecule has 0 unspecified atom stereocenters. The van der Waals surface area contributed by atoms with Crippen molar-refractivity contribution in [1.29, 1.82) is 0 Å². The molecule has 0 bridgehead atoms.